The molecule has 0 spiro atoms. The summed E-state index contributed by atoms with van der Waals surface area (Å²) in [7, 11) is -3.33. The molecule has 1 fully saturated rings. The van der Waals surface area contributed by atoms with E-state index in [9.17, 15) is 18.0 Å². The predicted molar refractivity (Wildman–Crippen MR) is 107 cm³/mol. The molecule has 0 saturated carbocycles. The Hall–Kier alpha value is -2.71. The Kier molecular flexibility index (Phi) is 4.91. The zero-order chi connectivity index (χ0) is 19.7. The summed E-state index contributed by atoms with van der Waals surface area (Å²) < 4.78 is 26.4. The van der Waals surface area contributed by atoms with Crippen molar-refractivity contribution in [3.63, 3.8) is 0 Å². The molecule has 28 heavy (non-hydrogen) atoms. The minimum atomic E-state index is -3.33. The van der Waals surface area contributed by atoms with Crippen molar-refractivity contribution >= 4 is 33.2 Å². The number of carbonyl (C=O) groups excluding carboxylic acids is 2. The predicted octanol–water partition coefficient (Wildman–Crippen LogP) is 2.21. The molecular formula is C20H21N3O4S. The second-order valence-corrected chi connectivity index (χ2v) is 8.98. The lowest BCUT2D eigenvalue weighted by atomic mass is 10.1. The fraction of sp³-hybridized carbons (Fsp3) is 0.300. The molecule has 4 rings (SSSR count). The van der Waals surface area contributed by atoms with E-state index in [0.717, 1.165) is 12.8 Å². The summed E-state index contributed by atoms with van der Waals surface area (Å²) in [6, 6.07) is 13.7. The number of para-hydroxylation sites is 2. The summed E-state index contributed by atoms with van der Waals surface area (Å²) in [5, 5.41) is 2.75. The maximum absolute atomic E-state index is 12.9. The van der Waals surface area contributed by atoms with E-state index in [2.05, 4.69) is 5.32 Å². The van der Waals surface area contributed by atoms with Crippen LogP contribution in [0.25, 0.3) is 0 Å². The van der Waals surface area contributed by atoms with Gasteiger partial charge in [-0.05, 0) is 42.7 Å². The van der Waals surface area contributed by atoms with Crippen LogP contribution in [0.15, 0.2) is 48.5 Å². The standard InChI is InChI=1S/C20H21N3O4S/c24-19-13-23(18-6-2-1-5-17(18)21-19)20(25)16-9-7-15(8-10-16)14-28(26,27)22-11-3-4-12-22/h1-2,5-10H,3-4,11-14H2,(H,21,24). The molecule has 0 unspecified atom stereocenters. The van der Waals surface area contributed by atoms with Crippen molar-refractivity contribution in [3.8, 4) is 0 Å². The zero-order valence-corrected chi connectivity index (χ0v) is 16.1. The van der Waals surface area contributed by atoms with Crippen LogP contribution in [0.2, 0.25) is 0 Å². The van der Waals surface area contributed by atoms with Gasteiger partial charge < -0.3 is 5.32 Å². The van der Waals surface area contributed by atoms with Gasteiger partial charge in [0, 0.05) is 18.7 Å². The highest BCUT2D eigenvalue weighted by atomic mass is 32.2. The highest BCUT2D eigenvalue weighted by Gasteiger charge is 2.28. The molecule has 0 bridgehead atoms. The lowest BCUT2D eigenvalue weighted by Crippen LogP contribution is -2.42. The third-order valence-electron chi connectivity index (χ3n) is 5.02. The summed E-state index contributed by atoms with van der Waals surface area (Å²) in [5.41, 5.74) is 2.29. The minimum absolute atomic E-state index is 0.0546. The molecule has 0 radical (unpaired) electrons. The van der Waals surface area contributed by atoms with Crippen molar-refractivity contribution in [3.05, 3.63) is 59.7 Å². The molecule has 2 aromatic rings. The van der Waals surface area contributed by atoms with Gasteiger partial charge in [0.1, 0.15) is 6.54 Å². The number of rotatable bonds is 4. The van der Waals surface area contributed by atoms with Gasteiger partial charge in [-0.15, -0.1) is 0 Å². The van der Waals surface area contributed by atoms with E-state index in [1.807, 2.05) is 6.07 Å². The van der Waals surface area contributed by atoms with E-state index in [1.165, 1.54) is 9.21 Å². The summed E-state index contributed by atoms with van der Waals surface area (Å²) in [4.78, 5) is 26.3. The number of amides is 2. The van der Waals surface area contributed by atoms with Gasteiger partial charge >= 0.3 is 0 Å². The quantitative estimate of drug-likeness (QED) is 0.854. The fourth-order valence-electron chi connectivity index (χ4n) is 3.58. The monoisotopic (exact) mass is 399 g/mol. The van der Waals surface area contributed by atoms with Crippen molar-refractivity contribution in [1.29, 1.82) is 0 Å². The van der Waals surface area contributed by atoms with Crippen molar-refractivity contribution in [2.75, 3.05) is 29.9 Å². The number of benzene rings is 2. The topological polar surface area (TPSA) is 86.8 Å². The molecule has 0 aliphatic carbocycles. The maximum Gasteiger partial charge on any atom is 0.258 e. The van der Waals surface area contributed by atoms with E-state index < -0.39 is 10.0 Å². The van der Waals surface area contributed by atoms with Gasteiger partial charge in [-0.3, -0.25) is 14.5 Å². The number of carbonyl (C=O) groups is 2. The first kappa shape index (κ1) is 18.6. The number of nitrogens with one attached hydrogen (secondary N) is 1. The first-order chi connectivity index (χ1) is 13.4. The van der Waals surface area contributed by atoms with E-state index in [0.29, 0.717) is 35.6 Å². The van der Waals surface area contributed by atoms with Crippen molar-refractivity contribution in [2.45, 2.75) is 18.6 Å². The van der Waals surface area contributed by atoms with Crippen molar-refractivity contribution in [1.82, 2.24) is 4.31 Å². The van der Waals surface area contributed by atoms with Gasteiger partial charge in [-0.25, -0.2) is 12.7 Å². The van der Waals surface area contributed by atoms with E-state index in [4.69, 9.17) is 0 Å². The lowest BCUT2D eigenvalue weighted by molar-refractivity contribution is -0.115. The van der Waals surface area contributed by atoms with E-state index in [-0.39, 0.29) is 24.1 Å². The Morgan fingerprint density at radius 2 is 1.68 bits per heavy atom. The van der Waals surface area contributed by atoms with Crippen LogP contribution in [0, 0.1) is 0 Å². The Labute approximate surface area is 164 Å². The number of hydrogen-bond acceptors (Lipinski definition) is 4. The number of nitrogens with zero attached hydrogens (tertiary/aromatic N) is 2. The second kappa shape index (κ2) is 7.37. The fourth-order valence-corrected chi connectivity index (χ4v) is 5.19. The van der Waals surface area contributed by atoms with Crippen LogP contribution >= 0.6 is 0 Å². The SMILES string of the molecule is O=C1CN(C(=O)c2ccc(CS(=O)(=O)N3CCCC3)cc2)c2ccccc2N1. The van der Waals surface area contributed by atoms with Gasteiger partial charge in [0.2, 0.25) is 15.9 Å². The molecule has 1 saturated heterocycles. The van der Waals surface area contributed by atoms with Crippen LogP contribution < -0.4 is 10.2 Å². The summed E-state index contributed by atoms with van der Waals surface area (Å²) >= 11 is 0. The van der Waals surface area contributed by atoms with Crippen LogP contribution in [-0.4, -0.2) is 44.2 Å². The molecule has 8 heteroatoms. The van der Waals surface area contributed by atoms with Gasteiger partial charge in [-0.1, -0.05) is 24.3 Å². The molecule has 146 valence electrons. The first-order valence-corrected chi connectivity index (χ1v) is 10.8. The average molecular weight is 399 g/mol. The van der Waals surface area contributed by atoms with E-state index in [1.54, 1.807) is 42.5 Å². The van der Waals surface area contributed by atoms with Crippen molar-refractivity contribution < 1.29 is 18.0 Å². The highest BCUT2D eigenvalue weighted by molar-refractivity contribution is 7.88. The average Bonchev–Trinajstić information content (AvgIpc) is 3.23. The normalized spacial score (nSPS) is 17.3. The van der Waals surface area contributed by atoms with E-state index >= 15 is 0 Å². The molecule has 2 aromatic carbocycles. The van der Waals surface area contributed by atoms with Crippen molar-refractivity contribution in [2.24, 2.45) is 0 Å². The largest absolute Gasteiger partial charge is 0.323 e. The Morgan fingerprint density at radius 1 is 1.00 bits per heavy atom. The summed E-state index contributed by atoms with van der Waals surface area (Å²) in [6.45, 7) is 1.10. The third-order valence-corrected chi connectivity index (χ3v) is 6.87. The number of anilines is 2. The maximum atomic E-state index is 12.9. The zero-order valence-electron chi connectivity index (χ0n) is 15.3. The van der Waals surface area contributed by atoms with Crippen LogP contribution in [0.3, 0.4) is 0 Å². The smallest absolute Gasteiger partial charge is 0.258 e. The van der Waals surface area contributed by atoms with Crippen LogP contribution in [0.5, 0.6) is 0 Å². The summed E-state index contributed by atoms with van der Waals surface area (Å²) in [6.07, 6.45) is 1.80. The third kappa shape index (κ3) is 3.65. The second-order valence-electron chi connectivity index (χ2n) is 7.02. The molecule has 0 atom stereocenters. The molecule has 0 aromatic heterocycles. The van der Waals surface area contributed by atoms with Crippen LogP contribution in [-0.2, 0) is 20.6 Å². The molecule has 2 aliphatic heterocycles. The lowest BCUT2D eigenvalue weighted by Gasteiger charge is -2.29. The molecule has 7 nitrogen and oxygen atoms in total. The molecule has 2 heterocycles. The van der Waals surface area contributed by atoms with Gasteiger partial charge in [-0.2, -0.15) is 0 Å². The Bertz CT molecular complexity index is 1010. The van der Waals surface area contributed by atoms with Gasteiger partial charge in [0.05, 0.1) is 17.1 Å². The number of hydrogen-bond donors (Lipinski definition) is 1. The Balaban J connectivity index is 1.53. The summed E-state index contributed by atoms with van der Waals surface area (Å²) in [5.74, 6) is -0.618. The van der Waals surface area contributed by atoms with Crippen LogP contribution in [0.1, 0.15) is 28.8 Å². The Morgan fingerprint density at radius 3 is 2.39 bits per heavy atom. The van der Waals surface area contributed by atoms with Gasteiger partial charge in [0.25, 0.3) is 5.91 Å². The van der Waals surface area contributed by atoms with Gasteiger partial charge in [0.15, 0.2) is 0 Å². The molecule has 2 amide bonds. The first-order valence-electron chi connectivity index (χ1n) is 9.21. The number of fused-ring (bicyclic) bond motifs is 1. The highest BCUT2D eigenvalue weighted by Crippen LogP contribution is 2.30. The van der Waals surface area contributed by atoms with Crippen LogP contribution in [0.4, 0.5) is 11.4 Å². The molecule has 2 aliphatic rings. The number of sulfonamides is 1. The minimum Gasteiger partial charge on any atom is -0.323 e. The molecule has 1 N–H and O–H groups in total. The molecular weight excluding hydrogens is 378 g/mol.